The first kappa shape index (κ1) is 20.1. The highest BCUT2D eigenvalue weighted by Gasteiger charge is 2.24. The lowest BCUT2D eigenvalue weighted by molar-refractivity contribution is -0.0408. The van der Waals surface area contributed by atoms with E-state index in [0.717, 1.165) is 38.2 Å². The fourth-order valence-corrected chi connectivity index (χ4v) is 2.18. The van der Waals surface area contributed by atoms with Crippen molar-refractivity contribution in [3.05, 3.63) is 11.9 Å². The minimum absolute atomic E-state index is 0.138. The van der Waals surface area contributed by atoms with E-state index in [1.807, 2.05) is 25.0 Å². The Morgan fingerprint density at radius 2 is 1.83 bits per heavy atom. The molecule has 0 spiro atoms. The molecular formula is C18H36N4O. The van der Waals surface area contributed by atoms with Crippen molar-refractivity contribution < 1.29 is 4.74 Å². The van der Waals surface area contributed by atoms with E-state index >= 15 is 0 Å². The molecule has 1 aromatic heterocycles. The average molecular weight is 325 g/mol. The second-order valence-electron chi connectivity index (χ2n) is 8.46. The molecule has 0 aliphatic heterocycles. The highest BCUT2D eigenvalue weighted by molar-refractivity contribution is 4.91. The lowest BCUT2D eigenvalue weighted by Gasteiger charge is -2.32. The summed E-state index contributed by atoms with van der Waals surface area (Å²) in [5.41, 5.74) is 1.19. The molecule has 5 heteroatoms. The number of ether oxygens (including phenoxy) is 1. The van der Waals surface area contributed by atoms with Crippen LogP contribution in [0.2, 0.25) is 0 Å². The third kappa shape index (κ3) is 7.44. The third-order valence-electron chi connectivity index (χ3n) is 4.81. The molecule has 5 nitrogen and oxygen atoms in total. The Balaban J connectivity index is 2.39. The number of aryl methyl sites for hydroxylation is 1. The van der Waals surface area contributed by atoms with Gasteiger partial charge in [0, 0.05) is 25.9 Å². The van der Waals surface area contributed by atoms with Crippen LogP contribution in [0.3, 0.4) is 0 Å². The van der Waals surface area contributed by atoms with Crippen molar-refractivity contribution in [2.24, 2.45) is 11.3 Å². The SMILES string of the molecule is CC(C)C(C)(C)CCOC(C)(C)CCn1cc(CN(C)C)nn1. The second kappa shape index (κ2) is 8.25. The van der Waals surface area contributed by atoms with Crippen molar-refractivity contribution in [2.45, 2.75) is 73.1 Å². The molecule has 0 fully saturated rings. The molecule has 0 unspecified atom stereocenters. The van der Waals surface area contributed by atoms with Crippen LogP contribution in [0.1, 0.15) is 60.1 Å². The maximum absolute atomic E-state index is 6.14. The summed E-state index contributed by atoms with van der Waals surface area (Å²) < 4.78 is 8.06. The summed E-state index contributed by atoms with van der Waals surface area (Å²) >= 11 is 0. The van der Waals surface area contributed by atoms with Crippen molar-refractivity contribution in [1.29, 1.82) is 0 Å². The first-order valence-corrected chi connectivity index (χ1v) is 8.69. The Morgan fingerprint density at radius 3 is 2.39 bits per heavy atom. The van der Waals surface area contributed by atoms with Gasteiger partial charge in [0.1, 0.15) is 0 Å². The zero-order chi connectivity index (χ0) is 17.7. The van der Waals surface area contributed by atoms with Gasteiger partial charge in [-0.15, -0.1) is 5.10 Å². The molecule has 1 aromatic rings. The minimum atomic E-state index is -0.138. The van der Waals surface area contributed by atoms with Crippen LogP contribution in [0.5, 0.6) is 0 Å². The normalized spacial score (nSPS) is 13.3. The van der Waals surface area contributed by atoms with Gasteiger partial charge in [-0.3, -0.25) is 4.68 Å². The van der Waals surface area contributed by atoms with E-state index in [0.29, 0.717) is 11.3 Å². The Morgan fingerprint density at radius 1 is 1.17 bits per heavy atom. The Kier molecular flexibility index (Phi) is 7.21. The molecule has 0 saturated carbocycles. The predicted molar refractivity (Wildman–Crippen MR) is 95.3 cm³/mol. The molecule has 0 aliphatic rings. The van der Waals surface area contributed by atoms with Gasteiger partial charge in [-0.05, 0) is 52.1 Å². The lowest BCUT2D eigenvalue weighted by atomic mass is 9.78. The number of rotatable bonds is 10. The zero-order valence-electron chi connectivity index (χ0n) is 16.4. The van der Waals surface area contributed by atoms with Crippen LogP contribution in [-0.4, -0.2) is 46.2 Å². The van der Waals surface area contributed by atoms with Crippen molar-refractivity contribution >= 4 is 0 Å². The molecule has 0 amide bonds. The molecule has 1 rings (SSSR count). The summed E-state index contributed by atoms with van der Waals surface area (Å²) in [7, 11) is 4.07. The molecule has 23 heavy (non-hydrogen) atoms. The van der Waals surface area contributed by atoms with E-state index in [2.05, 4.69) is 56.8 Å². The van der Waals surface area contributed by atoms with Gasteiger partial charge in [-0.25, -0.2) is 0 Å². The highest BCUT2D eigenvalue weighted by atomic mass is 16.5. The van der Waals surface area contributed by atoms with Crippen molar-refractivity contribution in [1.82, 2.24) is 19.9 Å². The molecule has 1 heterocycles. The monoisotopic (exact) mass is 324 g/mol. The summed E-state index contributed by atoms with van der Waals surface area (Å²) in [4.78, 5) is 2.10. The Labute approximate surface area is 142 Å². The molecule has 0 radical (unpaired) electrons. The van der Waals surface area contributed by atoms with Gasteiger partial charge in [0.15, 0.2) is 0 Å². The molecule has 0 bridgehead atoms. The molecule has 0 N–H and O–H groups in total. The van der Waals surface area contributed by atoms with Crippen molar-refractivity contribution in [2.75, 3.05) is 20.7 Å². The summed E-state index contributed by atoms with van der Waals surface area (Å²) in [5, 5.41) is 8.40. The highest BCUT2D eigenvalue weighted by Crippen LogP contribution is 2.30. The molecule has 134 valence electrons. The second-order valence-corrected chi connectivity index (χ2v) is 8.46. The largest absolute Gasteiger partial charge is 0.375 e. The molecule has 0 saturated heterocycles. The van der Waals surface area contributed by atoms with E-state index < -0.39 is 0 Å². The zero-order valence-corrected chi connectivity index (χ0v) is 16.4. The topological polar surface area (TPSA) is 43.2 Å². The van der Waals surface area contributed by atoms with Crippen LogP contribution in [-0.2, 0) is 17.8 Å². The van der Waals surface area contributed by atoms with Gasteiger partial charge in [0.25, 0.3) is 0 Å². The molecule has 0 aromatic carbocycles. The van der Waals surface area contributed by atoms with Crippen LogP contribution < -0.4 is 0 Å². The predicted octanol–water partition coefficient (Wildman–Crippen LogP) is 3.60. The average Bonchev–Trinajstić information content (AvgIpc) is 2.82. The summed E-state index contributed by atoms with van der Waals surface area (Å²) in [6.07, 6.45) is 4.04. The first-order chi connectivity index (χ1) is 10.5. The fourth-order valence-electron chi connectivity index (χ4n) is 2.18. The van der Waals surface area contributed by atoms with Crippen LogP contribution in [0.4, 0.5) is 0 Å². The van der Waals surface area contributed by atoms with Crippen LogP contribution >= 0.6 is 0 Å². The summed E-state index contributed by atoms with van der Waals surface area (Å²) in [6.45, 7) is 16.0. The first-order valence-electron chi connectivity index (χ1n) is 8.69. The van der Waals surface area contributed by atoms with Crippen LogP contribution in [0.15, 0.2) is 6.20 Å². The van der Waals surface area contributed by atoms with E-state index in [1.54, 1.807) is 0 Å². The quantitative estimate of drug-likeness (QED) is 0.659. The number of aromatic nitrogens is 3. The van der Waals surface area contributed by atoms with Crippen molar-refractivity contribution in [3.8, 4) is 0 Å². The fraction of sp³-hybridized carbons (Fsp3) is 0.889. The molecule has 0 aliphatic carbocycles. The molecule has 0 atom stereocenters. The standard InChI is InChI=1S/C18H36N4O/c1-15(2)17(3,4)10-12-23-18(5,6)9-11-22-14-16(19-20-22)13-21(7)8/h14-15H,9-13H2,1-8H3. The van der Waals surface area contributed by atoms with Gasteiger partial charge in [0.2, 0.25) is 0 Å². The third-order valence-corrected chi connectivity index (χ3v) is 4.81. The van der Waals surface area contributed by atoms with Gasteiger partial charge >= 0.3 is 0 Å². The number of nitrogens with zero attached hydrogens (tertiary/aromatic N) is 4. The Bertz CT molecular complexity index is 463. The van der Waals surface area contributed by atoms with Gasteiger partial charge in [-0.2, -0.15) is 0 Å². The van der Waals surface area contributed by atoms with E-state index in [9.17, 15) is 0 Å². The maximum atomic E-state index is 6.14. The Hall–Kier alpha value is -0.940. The summed E-state index contributed by atoms with van der Waals surface area (Å²) in [6, 6.07) is 0. The van der Waals surface area contributed by atoms with Crippen LogP contribution in [0.25, 0.3) is 0 Å². The minimum Gasteiger partial charge on any atom is -0.375 e. The van der Waals surface area contributed by atoms with Crippen molar-refractivity contribution in [3.63, 3.8) is 0 Å². The van der Waals surface area contributed by atoms with Gasteiger partial charge in [0.05, 0.1) is 11.3 Å². The van der Waals surface area contributed by atoms with E-state index in [4.69, 9.17) is 4.74 Å². The van der Waals surface area contributed by atoms with E-state index in [1.165, 1.54) is 0 Å². The van der Waals surface area contributed by atoms with Gasteiger partial charge in [-0.1, -0.05) is 32.9 Å². The van der Waals surface area contributed by atoms with Gasteiger partial charge < -0.3 is 9.64 Å². The van der Waals surface area contributed by atoms with E-state index in [-0.39, 0.29) is 5.60 Å². The smallest absolute Gasteiger partial charge is 0.0966 e. The maximum Gasteiger partial charge on any atom is 0.0966 e. The summed E-state index contributed by atoms with van der Waals surface area (Å²) in [5.74, 6) is 0.666. The number of hydrogen-bond donors (Lipinski definition) is 0. The van der Waals surface area contributed by atoms with Crippen LogP contribution in [0, 0.1) is 11.3 Å². The molecular weight excluding hydrogens is 288 g/mol. The lowest BCUT2D eigenvalue weighted by Crippen LogP contribution is -2.29. The number of hydrogen-bond acceptors (Lipinski definition) is 4.